The summed E-state index contributed by atoms with van der Waals surface area (Å²) in [5.74, 6) is -1.86. The van der Waals surface area contributed by atoms with Gasteiger partial charge in [-0.05, 0) is 26.8 Å². The molecule has 10 nitrogen and oxygen atoms in total. The number of amides is 1. The van der Waals surface area contributed by atoms with Crippen molar-refractivity contribution in [2.75, 3.05) is 38.0 Å². The smallest absolute Gasteiger partial charge is 0.410 e. The molecule has 14 heteroatoms. The number of piperazine rings is 1. The molecule has 0 bridgehead atoms. The van der Waals surface area contributed by atoms with Gasteiger partial charge in [0.2, 0.25) is 5.88 Å². The molecule has 0 unspecified atom stereocenters. The summed E-state index contributed by atoms with van der Waals surface area (Å²) in [6, 6.07) is 5.15. The summed E-state index contributed by atoms with van der Waals surface area (Å²) in [6.07, 6.45) is -0.501. The highest BCUT2D eigenvalue weighted by molar-refractivity contribution is 7.98. The number of hydrogen-bond donors (Lipinski definition) is 1. The van der Waals surface area contributed by atoms with Crippen LogP contribution in [0.3, 0.4) is 0 Å². The fraction of sp³-hybridized carbons (Fsp3) is 0.476. The van der Waals surface area contributed by atoms with Gasteiger partial charge in [-0.2, -0.15) is 17.7 Å². The van der Waals surface area contributed by atoms with Gasteiger partial charge in [0.25, 0.3) is 0 Å². The average molecular weight is 532 g/mol. The number of thioether (sulfide) groups is 1. The van der Waals surface area contributed by atoms with Gasteiger partial charge in [0.15, 0.2) is 16.8 Å². The van der Waals surface area contributed by atoms with Crippen molar-refractivity contribution in [1.29, 1.82) is 0 Å². The van der Waals surface area contributed by atoms with Crippen LogP contribution in [0.1, 0.15) is 26.3 Å². The molecule has 2 heterocycles. The van der Waals surface area contributed by atoms with Crippen LogP contribution in [0.15, 0.2) is 29.4 Å². The molecule has 1 saturated heterocycles. The minimum absolute atomic E-state index is 0.0234. The molecule has 0 radical (unpaired) electrons. The van der Waals surface area contributed by atoms with E-state index in [1.165, 1.54) is 34.5 Å². The number of carbonyl (C=O) groups is 1. The molecular formula is C21H27F2N5O5S2. The van der Waals surface area contributed by atoms with Crippen LogP contribution in [0.5, 0.6) is 5.88 Å². The number of methoxy groups -OCH3 is 1. The van der Waals surface area contributed by atoms with Crippen molar-refractivity contribution in [3.8, 4) is 5.88 Å². The van der Waals surface area contributed by atoms with E-state index in [1.54, 1.807) is 20.8 Å². The Morgan fingerprint density at radius 3 is 2.49 bits per heavy atom. The second kappa shape index (κ2) is 10.9. The van der Waals surface area contributed by atoms with Crippen molar-refractivity contribution in [2.45, 2.75) is 37.3 Å². The number of aromatic nitrogens is 2. The van der Waals surface area contributed by atoms with E-state index in [0.717, 1.165) is 17.8 Å². The number of carbonyl (C=O) groups excluding carboxylic acids is 1. The van der Waals surface area contributed by atoms with Gasteiger partial charge >= 0.3 is 16.3 Å². The molecule has 35 heavy (non-hydrogen) atoms. The Labute approximate surface area is 207 Å². The quantitative estimate of drug-likeness (QED) is 0.428. The van der Waals surface area contributed by atoms with E-state index in [0.29, 0.717) is 0 Å². The first-order valence-electron chi connectivity index (χ1n) is 10.6. The molecule has 1 N–H and O–H groups in total. The second-order valence-electron chi connectivity index (χ2n) is 8.55. The summed E-state index contributed by atoms with van der Waals surface area (Å²) in [4.78, 5) is 22.0. The van der Waals surface area contributed by atoms with Gasteiger partial charge in [0.1, 0.15) is 11.4 Å². The van der Waals surface area contributed by atoms with Gasteiger partial charge in [-0.3, -0.25) is 4.72 Å². The molecular weight excluding hydrogens is 504 g/mol. The highest BCUT2D eigenvalue weighted by Crippen LogP contribution is 2.26. The largest absolute Gasteiger partial charge is 0.481 e. The van der Waals surface area contributed by atoms with Crippen molar-refractivity contribution >= 4 is 33.9 Å². The third kappa shape index (κ3) is 7.39. The predicted octanol–water partition coefficient (Wildman–Crippen LogP) is 3.27. The second-order valence-corrected chi connectivity index (χ2v) is 11.2. The molecule has 1 aromatic heterocycles. The third-order valence-electron chi connectivity index (χ3n) is 4.74. The Morgan fingerprint density at radius 1 is 1.17 bits per heavy atom. The minimum Gasteiger partial charge on any atom is -0.481 e. The number of nitrogens with zero attached hydrogens (tertiary/aromatic N) is 4. The lowest BCUT2D eigenvalue weighted by molar-refractivity contribution is 0.0193. The Hall–Kier alpha value is -2.71. The molecule has 0 spiro atoms. The summed E-state index contributed by atoms with van der Waals surface area (Å²) in [5.41, 5.74) is -0.532. The summed E-state index contributed by atoms with van der Waals surface area (Å²) in [6.45, 7) is 5.74. The lowest BCUT2D eigenvalue weighted by atomic mass is 10.2. The van der Waals surface area contributed by atoms with Crippen LogP contribution in [0.25, 0.3) is 0 Å². The first kappa shape index (κ1) is 26.9. The van der Waals surface area contributed by atoms with Crippen LogP contribution < -0.4 is 9.46 Å². The van der Waals surface area contributed by atoms with E-state index in [-0.39, 0.29) is 54.3 Å². The molecule has 1 aliphatic heterocycles. The van der Waals surface area contributed by atoms with Crippen molar-refractivity contribution in [2.24, 2.45) is 0 Å². The summed E-state index contributed by atoms with van der Waals surface area (Å²) in [5, 5.41) is 0.112. The minimum atomic E-state index is -4.00. The SMILES string of the molecule is COc1cc(NS(=O)(=O)N2CCN(C(=O)OC(C)(C)C)CC2)nc(SCc2cccc(F)c2F)n1. The Balaban J connectivity index is 1.66. The van der Waals surface area contributed by atoms with E-state index in [9.17, 15) is 22.0 Å². The number of nitrogens with one attached hydrogen (secondary N) is 1. The Kier molecular flexibility index (Phi) is 8.38. The van der Waals surface area contributed by atoms with Crippen LogP contribution in [0.4, 0.5) is 19.4 Å². The predicted molar refractivity (Wildman–Crippen MR) is 126 cm³/mol. The zero-order valence-corrected chi connectivity index (χ0v) is 21.4. The molecule has 1 aromatic carbocycles. The van der Waals surface area contributed by atoms with Gasteiger partial charge in [-0.1, -0.05) is 23.9 Å². The van der Waals surface area contributed by atoms with Crippen molar-refractivity contribution in [3.05, 3.63) is 41.5 Å². The van der Waals surface area contributed by atoms with Crippen molar-refractivity contribution in [3.63, 3.8) is 0 Å². The van der Waals surface area contributed by atoms with Crippen LogP contribution in [-0.4, -0.2) is 72.6 Å². The van der Waals surface area contributed by atoms with Gasteiger partial charge in [-0.15, -0.1) is 0 Å². The van der Waals surface area contributed by atoms with Crippen LogP contribution in [0.2, 0.25) is 0 Å². The zero-order valence-electron chi connectivity index (χ0n) is 19.7. The van der Waals surface area contributed by atoms with E-state index in [2.05, 4.69) is 14.7 Å². The number of anilines is 1. The van der Waals surface area contributed by atoms with Gasteiger partial charge < -0.3 is 14.4 Å². The van der Waals surface area contributed by atoms with Crippen LogP contribution in [0, 0.1) is 11.6 Å². The standard InChI is InChI=1S/C21H27F2N5O5S2/c1-21(2,3)33-20(29)27-8-10-28(11-9-27)35(30,31)26-16-12-17(32-4)25-19(24-16)34-13-14-6-5-7-15(22)18(14)23/h5-7,12H,8-11,13H2,1-4H3,(H,24,25,26). The normalized spacial score (nSPS) is 15.1. The monoisotopic (exact) mass is 531 g/mol. The number of ether oxygens (including phenoxy) is 2. The highest BCUT2D eigenvalue weighted by atomic mass is 32.2. The molecule has 1 amide bonds. The molecule has 0 atom stereocenters. The summed E-state index contributed by atoms with van der Waals surface area (Å²) in [7, 11) is -2.64. The molecule has 3 rings (SSSR count). The molecule has 2 aromatic rings. The molecule has 1 aliphatic rings. The number of halogens is 2. The first-order valence-corrected chi connectivity index (χ1v) is 13.0. The third-order valence-corrected chi connectivity index (χ3v) is 7.15. The summed E-state index contributed by atoms with van der Waals surface area (Å²) < 4.78 is 67.2. The molecule has 0 aliphatic carbocycles. The zero-order chi connectivity index (χ0) is 25.8. The van der Waals surface area contributed by atoms with Crippen LogP contribution >= 0.6 is 11.8 Å². The Bertz CT molecular complexity index is 1170. The Morgan fingerprint density at radius 2 is 1.86 bits per heavy atom. The summed E-state index contributed by atoms with van der Waals surface area (Å²) >= 11 is 0.994. The fourth-order valence-corrected chi connectivity index (χ4v) is 5.03. The van der Waals surface area contributed by atoms with Gasteiger partial charge in [-0.25, -0.2) is 18.6 Å². The highest BCUT2D eigenvalue weighted by Gasteiger charge is 2.31. The van der Waals surface area contributed by atoms with Crippen molar-refractivity contribution < 1.29 is 31.5 Å². The maximum Gasteiger partial charge on any atom is 0.410 e. The number of rotatable bonds is 7. The topological polar surface area (TPSA) is 114 Å². The van der Waals surface area contributed by atoms with E-state index in [1.807, 2.05) is 0 Å². The molecule has 0 saturated carbocycles. The molecule has 192 valence electrons. The van der Waals surface area contributed by atoms with E-state index < -0.39 is 33.5 Å². The molecule has 1 fully saturated rings. The number of hydrogen-bond acceptors (Lipinski definition) is 8. The van der Waals surface area contributed by atoms with Crippen molar-refractivity contribution in [1.82, 2.24) is 19.2 Å². The fourth-order valence-electron chi connectivity index (χ4n) is 3.06. The van der Waals surface area contributed by atoms with Gasteiger partial charge in [0.05, 0.1) is 7.11 Å². The maximum atomic E-state index is 13.9. The van der Waals surface area contributed by atoms with E-state index in [4.69, 9.17) is 9.47 Å². The number of benzene rings is 1. The lowest BCUT2D eigenvalue weighted by Gasteiger charge is -2.34. The van der Waals surface area contributed by atoms with Gasteiger partial charge in [0, 0.05) is 43.6 Å². The van der Waals surface area contributed by atoms with Crippen LogP contribution in [-0.2, 0) is 20.7 Å². The first-order chi connectivity index (χ1) is 16.4. The van der Waals surface area contributed by atoms with E-state index >= 15 is 0 Å². The average Bonchev–Trinajstić information content (AvgIpc) is 2.78. The maximum absolute atomic E-state index is 13.9. The lowest BCUT2D eigenvalue weighted by Crippen LogP contribution is -2.52.